The molecule has 1 amide bonds. The van der Waals surface area contributed by atoms with Gasteiger partial charge in [0.15, 0.2) is 11.6 Å². The van der Waals surface area contributed by atoms with Gasteiger partial charge in [-0.2, -0.15) is 0 Å². The van der Waals surface area contributed by atoms with Crippen molar-refractivity contribution in [3.05, 3.63) is 70.2 Å². The lowest BCUT2D eigenvalue weighted by Crippen LogP contribution is -2.11. The first-order chi connectivity index (χ1) is 9.56. The quantitative estimate of drug-likeness (QED) is 0.827. The van der Waals surface area contributed by atoms with Gasteiger partial charge in [0.2, 0.25) is 5.91 Å². The van der Waals surface area contributed by atoms with Gasteiger partial charge in [0.05, 0.1) is 0 Å². The molecule has 0 heterocycles. The molecule has 0 radical (unpaired) electrons. The van der Waals surface area contributed by atoms with Gasteiger partial charge >= 0.3 is 0 Å². The van der Waals surface area contributed by atoms with Crippen LogP contribution in [0.25, 0.3) is 6.08 Å². The summed E-state index contributed by atoms with van der Waals surface area (Å²) in [4.78, 5) is 11.6. The van der Waals surface area contributed by atoms with Crippen molar-refractivity contribution in [1.82, 2.24) is 0 Å². The van der Waals surface area contributed by atoms with Crippen molar-refractivity contribution in [2.45, 2.75) is 0 Å². The maximum atomic E-state index is 13.5. The van der Waals surface area contributed by atoms with E-state index in [0.717, 1.165) is 17.7 Å². The Morgan fingerprint density at radius 3 is 2.30 bits per heavy atom. The average Bonchev–Trinajstić information content (AvgIpc) is 2.42. The molecule has 0 aliphatic carbocycles. The fourth-order valence-corrected chi connectivity index (χ4v) is 1.96. The molecule has 102 valence electrons. The zero-order valence-electron chi connectivity index (χ0n) is 10.2. The molecular weight excluding hydrogens is 328 g/mol. The van der Waals surface area contributed by atoms with Crippen LogP contribution in [-0.2, 0) is 4.79 Å². The van der Waals surface area contributed by atoms with Crippen LogP contribution in [-0.4, -0.2) is 5.91 Å². The van der Waals surface area contributed by atoms with Crippen LogP contribution in [0.1, 0.15) is 5.56 Å². The zero-order valence-corrected chi connectivity index (χ0v) is 11.8. The summed E-state index contributed by atoms with van der Waals surface area (Å²) in [6.07, 6.45) is 2.78. The van der Waals surface area contributed by atoms with Crippen LogP contribution in [0.2, 0.25) is 0 Å². The van der Waals surface area contributed by atoms with E-state index < -0.39 is 23.2 Å². The number of amides is 1. The Morgan fingerprint density at radius 2 is 1.70 bits per heavy atom. The Kier molecular flexibility index (Phi) is 4.63. The minimum Gasteiger partial charge on any atom is -0.318 e. The number of hydrogen-bond donors (Lipinski definition) is 1. The third-order valence-corrected chi connectivity index (χ3v) is 2.94. The van der Waals surface area contributed by atoms with E-state index in [4.69, 9.17) is 0 Å². The van der Waals surface area contributed by atoms with E-state index in [-0.39, 0.29) is 4.47 Å². The summed E-state index contributed by atoms with van der Waals surface area (Å²) in [6, 6.07) is 11.3. The molecule has 0 aliphatic heterocycles. The minimum atomic E-state index is -0.835. The predicted molar refractivity (Wildman–Crippen MR) is 78.2 cm³/mol. The molecule has 0 aliphatic rings. The van der Waals surface area contributed by atoms with Crippen LogP contribution >= 0.6 is 15.9 Å². The molecule has 0 fully saturated rings. The van der Waals surface area contributed by atoms with Crippen LogP contribution in [0, 0.1) is 11.6 Å². The second kappa shape index (κ2) is 6.43. The normalized spacial score (nSPS) is 10.8. The molecule has 0 saturated carbocycles. The van der Waals surface area contributed by atoms with Gasteiger partial charge in [-0.1, -0.05) is 46.3 Å². The Hall–Kier alpha value is -2.01. The smallest absolute Gasteiger partial charge is 0.248 e. The van der Waals surface area contributed by atoms with E-state index >= 15 is 0 Å². The highest BCUT2D eigenvalue weighted by Crippen LogP contribution is 2.23. The van der Waals surface area contributed by atoms with Crippen LogP contribution < -0.4 is 5.32 Å². The summed E-state index contributed by atoms with van der Waals surface area (Å²) < 4.78 is 27.3. The summed E-state index contributed by atoms with van der Waals surface area (Å²) in [5.74, 6) is -2.27. The van der Waals surface area contributed by atoms with E-state index in [0.29, 0.717) is 0 Å². The first kappa shape index (κ1) is 14.4. The molecule has 0 saturated heterocycles. The fraction of sp³-hybridized carbons (Fsp3) is 0. The molecule has 2 aromatic rings. The molecule has 2 aromatic carbocycles. The van der Waals surface area contributed by atoms with Crippen molar-refractivity contribution in [2.75, 3.05) is 5.32 Å². The summed E-state index contributed by atoms with van der Waals surface area (Å²) in [7, 11) is 0. The molecule has 0 bridgehead atoms. The molecule has 0 aromatic heterocycles. The Morgan fingerprint density at radius 1 is 1.10 bits per heavy atom. The molecule has 0 unspecified atom stereocenters. The topological polar surface area (TPSA) is 29.1 Å². The highest BCUT2D eigenvalue weighted by Gasteiger charge is 2.12. The van der Waals surface area contributed by atoms with Gasteiger partial charge in [-0.25, -0.2) is 8.78 Å². The van der Waals surface area contributed by atoms with Gasteiger partial charge in [0.1, 0.15) is 5.69 Å². The van der Waals surface area contributed by atoms with Crippen LogP contribution in [0.3, 0.4) is 0 Å². The molecule has 2 nitrogen and oxygen atoms in total. The molecule has 0 atom stereocenters. The summed E-state index contributed by atoms with van der Waals surface area (Å²) in [5, 5.41) is 2.18. The lowest BCUT2D eigenvalue weighted by molar-refractivity contribution is -0.111. The maximum Gasteiger partial charge on any atom is 0.248 e. The monoisotopic (exact) mass is 337 g/mol. The number of rotatable bonds is 3. The maximum absolute atomic E-state index is 13.5. The highest BCUT2D eigenvalue weighted by molar-refractivity contribution is 9.10. The molecular formula is C15H10BrF2NO. The van der Waals surface area contributed by atoms with E-state index in [1.165, 1.54) is 6.08 Å². The standard InChI is InChI=1S/C15H10BrF2NO/c16-11-8-12(17)15(13(18)9-11)19-14(20)7-6-10-4-2-1-3-5-10/h1-9H,(H,19,20). The van der Waals surface area contributed by atoms with Gasteiger partial charge in [-0.3, -0.25) is 4.79 Å². The first-order valence-electron chi connectivity index (χ1n) is 5.75. The molecule has 2 rings (SSSR count). The van der Waals surface area contributed by atoms with Crippen molar-refractivity contribution in [1.29, 1.82) is 0 Å². The second-order valence-corrected chi connectivity index (χ2v) is 4.89. The fourth-order valence-electron chi connectivity index (χ4n) is 1.56. The summed E-state index contributed by atoms with van der Waals surface area (Å²) in [5.41, 5.74) is 0.357. The number of carbonyl (C=O) groups excluding carboxylic acids is 1. The third-order valence-electron chi connectivity index (χ3n) is 2.48. The van der Waals surface area contributed by atoms with Gasteiger partial charge < -0.3 is 5.32 Å². The van der Waals surface area contributed by atoms with Crippen molar-refractivity contribution in [3.8, 4) is 0 Å². The second-order valence-electron chi connectivity index (χ2n) is 3.98. The summed E-state index contributed by atoms with van der Waals surface area (Å²) in [6.45, 7) is 0. The van der Waals surface area contributed by atoms with E-state index in [2.05, 4.69) is 21.2 Å². The van der Waals surface area contributed by atoms with Crippen molar-refractivity contribution in [3.63, 3.8) is 0 Å². The van der Waals surface area contributed by atoms with Crippen molar-refractivity contribution >= 4 is 33.6 Å². The van der Waals surface area contributed by atoms with Gasteiger partial charge in [0.25, 0.3) is 0 Å². The average molecular weight is 338 g/mol. The van der Waals surface area contributed by atoms with Gasteiger partial charge in [0, 0.05) is 10.5 Å². The van der Waals surface area contributed by atoms with E-state index in [1.54, 1.807) is 6.08 Å². The molecule has 5 heteroatoms. The van der Waals surface area contributed by atoms with Gasteiger partial charge in [-0.15, -0.1) is 0 Å². The number of carbonyl (C=O) groups is 1. The van der Waals surface area contributed by atoms with Crippen LogP contribution in [0.5, 0.6) is 0 Å². The SMILES string of the molecule is O=C(C=Cc1ccccc1)Nc1c(F)cc(Br)cc1F. The Labute approximate surface area is 123 Å². The number of nitrogens with one attached hydrogen (secondary N) is 1. The lowest BCUT2D eigenvalue weighted by atomic mass is 10.2. The Balaban J connectivity index is 2.11. The lowest BCUT2D eigenvalue weighted by Gasteiger charge is -2.06. The van der Waals surface area contributed by atoms with E-state index in [9.17, 15) is 13.6 Å². The number of benzene rings is 2. The van der Waals surface area contributed by atoms with Crippen LogP contribution in [0.15, 0.2) is 53.0 Å². The number of halogens is 3. The molecule has 0 spiro atoms. The predicted octanol–water partition coefficient (Wildman–Crippen LogP) is 4.38. The summed E-state index contributed by atoms with van der Waals surface area (Å²) >= 11 is 2.97. The minimum absolute atomic E-state index is 0.269. The van der Waals surface area contributed by atoms with Gasteiger partial charge in [-0.05, 0) is 23.8 Å². The third kappa shape index (κ3) is 3.74. The Bertz CT molecular complexity index is 633. The van der Waals surface area contributed by atoms with Crippen molar-refractivity contribution < 1.29 is 13.6 Å². The highest BCUT2D eigenvalue weighted by atomic mass is 79.9. The molecule has 1 N–H and O–H groups in total. The molecule has 20 heavy (non-hydrogen) atoms. The number of hydrogen-bond acceptors (Lipinski definition) is 1. The largest absolute Gasteiger partial charge is 0.318 e. The van der Waals surface area contributed by atoms with E-state index in [1.807, 2.05) is 30.3 Å². The number of anilines is 1. The van der Waals surface area contributed by atoms with Crippen molar-refractivity contribution in [2.24, 2.45) is 0 Å². The first-order valence-corrected chi connectivity index (χ1v) is 6.54. The van der Waals surface area contributed by atoms with Crippen LogP contribution in [0.4, 0.5) is 14.5 Å². The zero-order chi connectivity index (χ0) is 14.5.